The molecule has 0 radical (unpaired) electrons. The van der Waals surface area contributed by atoms with Crippen molar-refractivity contribution in [2.45, 2.75) is 38.5 Å². The fourth-order valence-corrected chi connectivity index (χ4v) is 3.21. The van der Waals surface area contributed by atoms with E-state index in [-0.39, 0.29) is 0 Å². The predicted molar refractivity (Wildman–Crippen MR) is 66.0 cm³/mol. The molecule has 2 unspecified atom stereocenters. The van der Waals surface area contributed by atoms with Crippen molar-refractivity contribution in [2.24, 2.45) is 11.3 Å². The van der Waals surface area contributed by atoms with E-state index < -0.39 is 11.4 Å². The molecule has 0 amide bonds. The van der Waals surface area contributed by atoms with Crippen molar-refractivity contribution < 1.29 is 9.90 Å². The summed E-state index contributed by atoms with van der Waals surface area (Å²) in [5.41, 5.74) is 2.28. The van der Waals surface area contributed by atoms with Gasteiger partial charge >= 0.3 is 5.97 Å². The molecule has 0 bridgehead atoms. The number of aliphatic carboxylic acids is 1. The topological polar surface area (TPSA) is 37.3 Å². The molecule has 1 N–H and O–H groups in total. The van der Waals surface area contributed by atoms with Crippen molar-refractivity contribution in [1.82, 2.24) is 0 Å². The molecule has 90 valence electrons. The number of carbonyl (C=O) groups is 1. The maximum absolute atomic E-state index is 11.5. The first-order chi connectivity index (χ1) is 8.11. The highest BCUT2D eigenvalue weighted by Gasteiger charge is 2.49. The third-order valence-electron chi connectivity index (χ3n) is 4.60. The van der Waals surface area contributed by atoms with Gasteiger partial charge < -0.3 is 5.11 Å². The normalized spacial score (nSPS) is 25.6. The Bertz CT molecular complexity index is 462. The van der Waals surface area contributed by atoms with Crippen LogP contribution in [-0.4, -0.2) is 11.1 Å². The molecular formula is C15H18O2. The molecule has 2 aliphatic carbocycles. The van der Waals surface area contributed by atoms with Crippen LogP contribution in [0.3, 0.4) is 0 Å². The van der Waals surface area contributed by atoms with E-state index in [1.807, 2.05) is 6.92 Å². The highest BCUT2D eigenvalue weighted by Crippen LogP contribution is 2.53. The van der Waals surface area contributed by atoms with E-state index in [1.54, 1.807) is 0 Å². The van der Waals surface area contributed by atoms with E-state index in [2.05, 4.69) is 24.3 Å². The second-order valence-electron chi connectivity index (χ2n) is 5.80. The first kappa shape index (κ1) is 10.8. The van der Waals surface area contributed by atoms with E-state index >= 15 is 0 Å². The molecule has 0 aromatic heterocycles. The molecular weight excluding hydrogens is 212 g/mol. The number of carboxylic acid groups (broad SMARTS) is 1. The number of hydrogen-bond acceptors (Lipinski definition) is 1. The van der Waals surface area contributed by atoms with Crippen LogP contribution >= 0.6 is 0 Å². The molecule has 1 saturated carbocycles. The third-order valence-corrected chi connectivity index (χ3v) is 4.60. The van der Waals surface area contributed by atoms with Crippen LogP contribution in [0.25, 0.3) is 0 Å². The molecule has 1 aromatic rings. The first-order valence-corrected chi connectivity index (χ1v) is 6.42. The SMILES string of the molecule is CC(CC1Cc2ccccc21)(C(=O)O)C1CC1. The van der Waals surface area contributed by atoms with Gasteiger partial charge in [-0.05, 0) is 55.6 Å². The quantitative estimate of drug-likeness (QED) is 0.862. The fraction of sp³-hybridized carbons (Fsp3) is 0.533. The molecule has 0 saturated heterocycles. The minimum absolute atomic E-state index is 0.410. The number of fused-ring (bicyclic) bond motifs is 1. The number of benzene rings is 1. The van der Waals surface area contributed by atoms with Gasteiger partial charge in [0.15, 0.2) is 0 Å². The zero-order valence-electron chi connectivity index (χ0n) is 10.1. The van der Waals surface area contributed by atoms with Gasteiger partial charge in [0.25, 0.3) is 0 Å². The van der Waals surface area contributed by atoms with E-state index in [4.69, 9.17) is 0 Å². The van der Waals surface area contributed by atoms with E-state index in [9.17, 15) is 9.90 Å². The zero-order chi connectivity index (χ0) is 12.0. The summed E-state index contributed by atoms with van der Waals surface area (Å²) in [6.45, 7) is 1.94. The molecule has 3 rings (SSSR count). The average Bonchev–Trinajstić information content (AvgIpc) is 3.09. The maximum Gasteiger partial charge on any atom is 0.309 e. The monoisotopic (exact) mass is 230 g/mol. The molecule has 2 aliphatic rings. The molecule has 2 heteroatoms. The highest BCUT2D eigenvalue weighted by atomic mass is 16.4. The van der Waals surface area contributed by atoms with Crippen molar-refractivity contribution in [3.8, 4) is 0 Å². The summed E-state index contributed by atoms with van der Waals surface area (Å²) >= 11 is 0. The second-order valence-corrected chi connectivity index (χ2v) is 5.80. The molecule has 0 heterocycles. The van der Waals surface area contributed by atoms with Gasteiger partial charge in [0, 0.05) is 0 Å². The van der Waals surface area contributed by atoms with Gasteiger partial charge in [-0.15, -0.1) is 0 Å². The molecule has 1 fully saturated rings. The number of hydrogen-bond donors (Lipinski definition) is 1. The van der Waals surface area contributed by atoms with E-state index in [1.165, 1.54) is 11.1 Å². The smallest absolute Gasteiger partial charge is 0.309 e. The molecule has 2 nitrogen and oxygen atoms in total. The minimum atomic E-state index is -0.607. The summed E-state index contributed by atoms with van der Waals surface area (Å²) in [5.74, 6) is 0.269. The second kappa shape index (κ2) is 3.59. The van der Waals surface area contributed by atoms with Crippen molar-refractivity contribution in [3.63, 3.8) is 0 Å². The zero-order valence-corrected chi connectivity index (χ0v) is 10.1. The van der Waals surface area contributed by atoms with E-state index in [0.29, 0.717) is 11.8 Å². The minimum Gasteiger partial charge on any atom is -0.481 e. The maximum atomic E-state index is 11.5. The predicted octanol–water partition coefficient (Wildman–Crippen LogP) is 3.22. The van der Waals surface area contributed by atoms with E-state index in [0.717, 1.165) is 25.7 Å². The van der Waals surface area contributed by atoms with Gasteiger partial charge in [0.1, 0.15) is 0 Å². The third kappa shape index (κ3) is 1.67. The first-order valence-electron chi connectivity index (χ1n) is 6.42. The van der Waals surface area contributed by atoms with Gasteiger partial charge in [0.2, 0.25) is 0 Å². The summed E-state index contributed by atoms with van der Waals surface area (Å²) in [4.78, 5) is 11.5. The number of carboxylic acids is 1. The Balaban J connectivity index is 1.78. The van der Waals surface area contributed by atoms with Crippen molar-refractivity contribution in [2.75, 3.05) is 0 Å². The van der Waals surface area contributed by atoms with Crippen LogP contribution in [-0.2, 0) is 11.2 Å². The molecule has 2 atom stereocenters. The van der Waals surface area contributed by atoms with Crippen molar-refractivity contribution in [3.05, 3.63) is 35.4 Å². The molecule has 1 aromatic carbocycles. The van der Waals surface area contributed by atoms with Gasteiger partial charge in [0.05, 0.1) is 5.41 Å². The summed E-state index contributed by atoms with van der Waals surface area (Å²) in [5, 5.41) is 9.46. The van der Waals surface area contributed by atoms with Crippen LogP contribution in [0.4, 0.5) is 0 Å². The largest absolute Gasteiger partial charge is 0.481 e. The summed E-state index contributed by atoms with van der Waals surface area (Å²) in [6, 6.07) is 8.42. The van der Waals surface area contributed by atoms with Crippen LogP contribution < -0.4 is 0 Å². The van der Waals surface area contributed by atoms with Crippen LogP contribution in [0.2, 0.25) is 0 Å². The van der Waals surface area contributed by atoms with Gasteiger partial charge in [-0.3, -0.25) is 4.79 Å². The summed E-state index contributed by atoms with van der Waals surface area (Å²) in [7, 11) is 0. The summed E-state index contributed by atoms with van der Waals surface area (Å²) < 4.78 is 0. The van der Waals surface area contributed by atoms with Gasteiger partial charge in [-0.2, -0.15) is 0 Å². The Labute approximate surface area is 102 Å². The van der Waals surface area contributed by atoms with Crippen LogP contribution in [0.15, 0.2) is 24.3 Å². The van der Waals surface area contributed by atoms with Gasteiger partial charge in [-0.25, -0.2) is 0 Å². The van der Waals surface area contributed by atoms with Gasteiger partial charge in [-0.1, -0.05) is 24.3 Å². The Morgan fingerprint density at radius 1 is 1.41 bits per heavy atom. The molecule has 17 heavy (non-hydrogen) atoms. The van der Waals surface area contributed by atoms with Crippen molar-refractivity contribution in [1.29, 1.82) is 0 Å². The lowest BCUT2D eigenvalue weighted by molar-refractivity contribution is -0.150. The van der Waals surface area contributed by atoms with Crippen molar-refractivity contribution >= 4 is 5.97 Å². The highest BCUT2D eigenvalue weighted by molar-refractivity contribution is 5.75. The lowest BCUT2D eigenvalue weighted by Gasteiger charge is -2.36. The Morgan fingerprint density at radius 2 is 2.12 bits per heavy atom. The Morgan fingerprint density at radius 3 is 2.71 bits per heavy atom. The average molecular weight is 230 g/mol. The van der Waals surface area contributed by atoms with Crippen LogP contribution in [0, 0.1) is 11.3 Å². The number of rotatable bonds is 4. The Hall–Kier alpha value is -1.31. The van der Waals surface area contributed by atoms with Crippen LogP contribution in [0.5, 0.6) is 0 Å². The lowest BCUT2D eigenvalue weighted by Crippen LogP contribution is -2.34. The molecule has 0 aliphatic heterocycles. The lowest BCUT2D eigenvalue weighted by atomic mass is 9.67. The molecule has 0 spiro atoms. The summed E-state index contributed by atoms with van der Waals surface area (Å²) in [6.07, 6.45) is 4.06. The fourth-order valence-electron chi connectivity index (χ4n) is 3.21. The van der Waals surface area contributed by atoms with Crippen LogP contribution in [0.1, 0.15) is 43.2 Å². The Kier molecular flexibility index (Phi) is 2.29. The standard InChI is InChI=1S/C15H18O2/c1-15(14(16)17,12-6-7-12)9-11-8-10-4-2-3-5-13(10)11/h2-5,11-12H,6-9H2,1H3,(H,16,17).